The maximum Gasteiger partial charge on any atom is 0.262 e. The summed E-state index contributed by atoms with van der Waals surface area (Å²) in [5.41, 5.74) is 0.776. The quantitative estimate of drug-likeness (QED) is 0.842. The van der Waals surface area contributed by atoms with Crippen molar-refractivity contribution in [2.75, 3.05) is 0 Å². The summed E-state index contributed by atoms with van der Waals surface area (Å²) < 4.78 is 0. The lowest BCUT2D eigenvalue weighted by atomic mass is 9.83. The van der Waals surface area contributed by atoms with Gasteiger partial charge in [-0.1, -0.05) is 66.7 Å². The predicted octanol–water partition coefficient (Wildman–Crippen LogP) is 3.42. The standard InChI is InChI=1S/C19H18N2O/c1-2-3-14-17-20-18(22)19(21-17,15-10-6-4-7-11-15)16-12-8-5-9-13-16/h2,4-13H,1,3,14H2,(H,20,21,22). The van der Waals surface area contributed by atoms with Gasteiger partial charge in [0.25, 0.3) is 5.91 Å². The van der Waals surface area contributed by atoms with E-state index in [4.69, 9.17) is 4.99 Å². The molecule has 1 N–H and O–H groups in total. The van der Waals surface area contributed by atoms with Crippen LogP contribution in [0.25, 0.3) is 0 Å². The Morgan fingerprint density at radius 3 is 2.05 bits per heavy atom. The molecule has 1 amide bonds. The Hall–Kier alpha value is -2.68. The summed E-state index contributed by atoms with van der Waals surface area (Å²) in [6, 6.07) is 19.4. The molecule has 0 saturated carbocycles. The summed E-state index contributed by atoms with van der Waals surface area (Å²) in [5.74, 6) is 0.626. The lowest BCUT2D eigenvalue weighted by Crippen LogP contribution is -2.38. The molecule has 0 unspecified atom stereocenters. The fourth-order valence-electron chi connectivity index (χ4n) is 2.78. The molecule has 1 heterocycles. The topological polar surface area (TPSA) is 41.5 Å². The molecule has 3 nitrogen and oxygen atoms in total. The SMILES string of the molecule is C=CCCC1=NC(c2ccccc2)(c2ccccc2)C(=O)N1. The minimum Gasteiger partial charge on any atom is -0.312 e. The van der Waals surface area contributed by atoms with Crippen LogP contribution in [0.5, 0.6) is 0 Å². The van der Waals surface area contributed by atoms with Crippen molar-refractivity contribution in [3.05, 3.63) is 84.4 Å². The van der Waals surface area contributed by atoms with Crippen LogP contribution in [-0.2, 0) is 10.3 Å². The number of allylic oxidation sites excluding steroid dienone is 1. The van der Waals surface area contributed by atoms with Crippen molar-refractivity contribution in [1.29, 1.82) is 0 Å². The molecule has 2 aromatic carbocycles. The zero-order valence-electron chi connectivity index (χ0n) is 12.3. The second-order valence-electron chi connectivity index (χ2n) is 5.28. The van der Waals surface area contributed by atoms with E-state index in [0.717, 1.165) is 23.4 Å². The molecule has 22 heavy (non-hydrogen) atoms. The van der Waals surface area contributed by atoms with Gasteiger partial charge in [0.05, 0.1) is 0 Å². The van der Waals surface area contributed by atoms with Crippen LogP contribution >= 0.6 is 0 Å². The van der Waals surface area contributed by atoms with Crippen LogP contribution in [0, 0.1) is 0 Å². The number of hydrogen-bond donors (Lipinski definition) is 1. The van der Waals surface area contributed by atoms with E-state index in [0.29, 0.717) is 6.42 Å². The predicted molar refractivity (Wildman–Crippen MR) is 88.7 cm³/mol. The lowest BCUT2D eigenvalue weighted by Gasteiger charge is -2.24. The number of nitrogens with zero attached hydrogens (tertiary/aromatic N) is 1. The van der Waals surface area contributed by atoms with Gasteiger partial charge in [0.15, 0.2) is 5.54 Å². The van der Waals surface area contributed by atoms with Crippen LogP contribution < -0.4 is 5.32 Å². The fourth-order valence-corrected chi connectivity index (χ4v) is 2.78. The van der Waals surface area contributed by atoms with Crippen molar-refractivity contribution >= 4 is 11.7 Å². The van der Waals surface area contributed by atoms with Crippen molar-refractivity contribution in [3.63, 3.8) is 0 Å². The highest BCUT2D eigenvalue weighted by Crippen LogP contribution is 2.37. The van der Waals surface area contributed by atoms with Crippen LogP contribution in [0.2, 0.25) is 0 Å². The Morgan fingerprint density at radius 2 is 1.55 bits per heavy atom. The maximum atomic E-state index is 12.8. The highest BCUT2D eigenvalue weighted by atomic mass is 16.2. The summed E-state index contributed by atoms with van der Waals surface area (Å²) >= 11 is 0. The number of amides is 1. The van der Waals surface area contributed by atoms with Crippen molar-refractivity contribution in [2.45, 2.75) is 18.4 Å². The van der Waals surface area contributed by atoms with Gasteiger partial charge in [0.1, 0.15) is 5.84 Å². The van der Waals surface area contributed by atoms with Gasteiger partial charge in [-0.25, -0.2) is 4.99 Å². The molecule has 0 spiro atoms. The average molecular weight is 290 g/mol. The van der Waals surface area contributed by atoms with Crippen LogP contribution in [0.3, 0.4) is 0 Å². The van der Waals surface area contributed by atoms with Gasteiger partial charge < -0.3 is 5.32 Å². The molecule has 0 aliphatic carbocycles. The first-order chi connectivity index (χ1) is 10.8. The Balaban J connectivity index is 2.14. The molecule has 0 atom stereocenters. The summed E-state index contributed by atoms with van der Waals surface area (Å²) in [6.45, 7) is 3.73. The summed E-state index contributed by atoms with van der Waals surface area (Å²) in [6.07, 6.45) is 3.31. The molecular formula is C19H18N2O. The zero-order valence-corrected chi connectivity index (χ0v) is 12.3. The van der Waals surface area contributed by atoms with E-state index in [2.05, 4.69) is 11.9 Å². The second kappa shape index (κ2) is 5.98. The van der Waals surface area contributed by atoms with Gasteiger partial charge >= 0.3 is 0 Å². The minimum atomic E-state index is -0.987. The number of carbonyl (C=O) groups is 1. The molecule has 2 aromatic rings. The first-order valence-electron chi connectivity index (χ1n) is 7.39. The molecule has 0 bridgehead atoms. The van der Waals surface area contributed by atoms with Gasteiger partial charge in [-0.15, -0.1) is 6.58 Å². The Morgan fingerprint density at radius 1 is 1.00 bits per heavy atom. The third-order valence-electron chi connectivity index (χ3n) is 3.86. The highest BCUT2D eigenvalue weighted by molar-refractivity contribution is 6.10. The van der Waals surface area contributed by atoms with E-state index >= 15 is 0 Å². The summed E-state index contributed by atoms with van der Waals surface area (Å²) in [5, 5.41) is 2.94. The van der Waals surface area contributed by atoms with Gasteiger partial charge in [-0.2, -0.15) is 0 Å². The normalized spacial score (nSPS) is 16.0. The van der Waals surface area contributed by atoms with Gasteiger partial charge in [0.2, 0.25) is 0 Å². The third kappa shape index (κ3) is 2.35. The van der Waals surface area contributed by atoms with Crippen LogP contribution in [0.15, 0.2) is 78.3 Å². The van der Waals surface area contributed by atoms with E-state index in [9.17, 15) is 4.79 Å². The summed E-state index contributed by atoms with van der Waals surface area (Å²) in [7, 11) is 0. The molecule has 0 saturated heterocycles. The molecule has 0 aromatic heterocycles. The first kappa shape index (κ1) is 14.3. The third-order valence-corrected chi connectivity index (χ3v) is 3.86. The number of hydrogen-bond acceptors (Lipinski definition) is 2. The van der Waals surface area contributed by atoms with E-state index in [1.165, 1.54) is 0 Å². The second-order valence-corrected chi connectivity index (χ2v) is 5.28. The fraction of sp³-hybridized carbons (Fsp3) is 0.158. The van der Waals surface area contributed by atoms with Crippen LogP contribution in [0.1, 0.15) is 24.0 Å². The molecule has 3 rings (SSSR count). The van der Waals surface area contributed by atoms with Crippen molar-refractivity contribution in [1.82, 2.24) is 5.32 Å². The minimum absolute atomic E-state index is 0.0936. The molecule has 110 valence electrons. The number of carbonyl (C=O) groups excluding carboxylic acids is 1. The number of benzene rings is 2. The molecule has 1 aliphatic rings. The first-order valence-corrected chi connectivity index (χ1v) is 7.39. The molecule has 3 heteroatoms. The van der Waals surface area contributed by atoms with Crippen molar-refractivity contribution < 1.29 is 4.79 Å². The number of nitrogens with one attached hydrogen (secondary N) is 1. The van der Waals surface area contributed by atoms with Crippen LogP contribution in [-0.4, -0.2) is 11.7 Å². The Labute approximate surface area is 130 Å². The Bertz CT molecular complexity index is 665. The van der Waals surface area contributed by atoms with E-state index in [1.807, 2.05) is 66.7 Å². The van der Waals surface area contributed by atoms with E-state index < -0.39 is 5.54 Å². The van der Waals surface area contributed by atoms with Crippen LogP contribution in [0.4, 0.5) is 0 Å². The average Bonchev–Trinajstić information content (AvgIpc) is 2.92. The maximum absolute atomic E-state index is 12.8. The van der Waals surface area contributed by atoms with E-state index in [-0.39, 0.29) is 5.91 Å². The molecule has 1 aliphatic heterocycles. The van der Waals surface area contributed by atoms with E-state index in [1.54, 1.807) is 0 Å². The monoisotopic (exact) mass is 290 g/mol. The van der Waals surface area contributed by atoms with Gasteiger partial charge in [-0.05, 0) is 17.5 Å². The number of rotatable bonds is 5. The lowest BCUT2D eigenvalue weighted by molar-refractivity contribution is -0.122. The molecule has 0 radical (unpaired) electrons. The van der Waals surface area contributed by atoms with Gasteiger partial charge in [0, 0.05) is 6.42 Å². The summed E-state index contributed by atoms with van der Waals surface area (Å²) in [4.78, 5) is 17.6. The Kier molecular flexibility index (Phi) is 3.88. The highest BCUT2D eigenvalue weighted by Gasteiger charge is 2.46. The molecule has 0 fully saturated rings. The smallest absolute Gasteiger partial charge is 0.262 e. The molecular weight excluding hydrogens is 272 g/mol. The van der Waals surface area contributed by atoms with Crippen molar-refractivity contribution in [2.24, 2.45) is 4.99 Å². The van der Waals surface area contributed by atoms with Crippen molar-refractivity contribution in [3.8, 4) is 0 Å². The zero-order chi connectivity index (χ0) is 15.4. The number of aliphatic imine (C=N–C) groups is 1. The largest absolute Gasteiger partial charge is 0.312 e. The number of amidine groups is 1. The van der Waals surface area contributed by atoms with Gasteiger partial charge in [-0.3, -0.25) is 4.79 Å².